The highest BCUT2D eigenvalue weighted by Gasteiger charge is 2.24. The topological polar surface area (TPSA) is 57.4 Å². The van der Waals surface area contributed by atoms with Crippen LogP contribution in [-0.2, 0) is 6.54 Å². The number of pyridine rings is 1. The molecule has 0 atom stereocenters. The molecule has 0 aliphatic heterocycles. The molecule has 1 saturated carbocycles. The van der Waals surface area contributed by atoms with Gasteiger partial charge in [0.25, 0.3) is 0 Å². The van der Waals surface area contributed by atoms with Gasteiger partial charge in [-0.2, -0.15) is 0 Å². The van der Waals surface area contributed by atoms with Crippen LogP contribution in [0.4, 0.5) is 0 Å². The van der Waals surface area contributed by atoms with E-state index in [1.807, 2.05) is 26.0 Å². The van der Waals surface area contributed by atoms with Gasteiger partial charge in [0.2, 0.25) is 5.88 Å². The second-order valence-corrected chi connectivity index (χ2v) is 4.28. The highest BCUT2D eigenvalue weighted by Crippen LogP contribution is 2.29. The summed E-state index contributed by atoms with van der Waals surface area (Å²) in [5.41, 5.74) is 6.42. The molecule has 0 bridgehead atoms. The van der Waals surface area contributed by atoms with Crippen molar-refractivity contribution in [3.8, 4) is 11.6 Å². The van der Waals surface area contributed by atoms with Gasteiger partial charge in [-0.25, -0.2) is 4.98 Å². The number of nitrogens with zero attached hydrogens (tertiary/aromatic N) is 1. The molecule has 2 N–H and O–H groups in total. The third-order valence-corrected chi connectivity index (χ3v) is 2.27. The maximum absolute atomic E-state index is 5.71. The van der Waals surface area contributed by atoms with Gasteiger partial charge in [0.05, 0.1) is 17.9 Å². The molecule has 16 heavy (non-hydrogen) atoms. The van der Waals surface area contributed by atoms with E-state index in [1.54, 1.807) is 0 Å². The highest BCUT2D eigenvalue weighted by atomic mass is 16.5. The molecule has 0 radical (unpaired) electrons. The van der Waals surface area contributed by atoms with Crippen molar-refractivity contribution in [2.24, 2.45) is 5.73 Å². The van der Waals surface area contributed by atoms with Crippen LogP contribution in [0, 0.1) is 0 Å². The van der Waals surface area contributed by atoms with Crippen molar-refractivity contribution >= 4 is 0 Å². The van der Waals surface area contributed by atoms with E-state index in [0.717, 1.165) is 24.3 Å². The molecule has 1 aliphatic carbocycles. The van der Waals surface area contributed by atoms with Crippen LogP contribution < -0.4 is 15.2 Å². The fourth-order valence-corrected chi connectivity index (χ4v) is 1.39. The largest absolute Gasteiger partial charge is 0.488 e. The average molecular weight is 222 g/mol. The predicted octanol–water partition coefficient (Wildman–Crippen LogP) is 1.87. The monoisotopic (exact) mass is 222 g/mol. The van der Waals surface area contributed by atoms with Gasteiger partial charge < -0.3 is 15.2 Å². The molecule has 1 heterocycles. The van der Waals surface area contributed by atoms with Crippen LogP contribution in [0.1, 0.15) is 32.4 Å². The summed E-state index contributed by atoms with van der Waals surface area (Å²) in [5, 5.41) is 0. The Balaban J connectivity index is 2.12. The maximum Gasteiger partial charge on any atom is 0.213 e. The molecule has 1 aromatic rings. The Hall–Kier alpha value is -1.29. The number of aromatic nitrogens is 1. The predicted molar refractivity (Wildman–Crippen MR) is 61.5 cm³/mol. The molecule has 0 saturated heterocycles. The Kier molecular flexibility index (Phi) is 3.29. The van der Waals surface area contributed by atoms with Gasteiger partial charge in [0.15, 0.2) is 0 Å². The zero-order valence-corrected chi connectivity index (χ0v) is 9.77. The van der Waals surface area contributed by atoms with Crippen LogP contribution in [0.25, 0.3) is 0 Å². The lowest BCUT2D eigenvalue weighted by Crippen LogP contribution is -2.10. The fourth-order valence-electron chi connectivity index (χ4n) is 1.39. The number of ether oxygens (including phenoxy) is 2. The molecule has 4 heteroatoms. The van der Waals surface area contributed by atoms with Crippen LogP contribution >= 0.6 is 0 Å². The van der Waals surface area contributed by atoms with E-state index in [4.69, 9.17) is 15.2 Å². The maximum atomic E-state index is 5.71. The smallest absolute Gasteiger partial charge is 0.213 e. The van der Waals surface area contributed by atoms with Gasteiger partial charge in [0, 0.05) is 12.6 Å². The summed E-state index contributed by atoms with van der Waals surface area (Å²) >= 11 is 0. The summed E-state index contributed by atoms with van der Waals surface area (Å²) in [7, 11) is 0. The van der Waals surface area contributed by atoms with E-state index < -0.39 is 0 Å². The molecular formula is C12H18N2O2. The van der Waals surface area contributed by atoms with Crippen molar-refractivity contribution in [2.75, 3.05) is 0 Å². The summed E-state index contributed by atoms with van der Waals surface area (Å²) in [4.78, 5) is 4.34. The zero-order chi connectivity index (χ0) is 11.5. The van der Waals surface area contributed by atoms with Crippen LogP contribution in [0.15, 0.2) is 12.1 Å². The minimum atomic E-state index is 0.119. The van der Waals surface area contributed by atoms with E-state index in [2.05, 4.69) is 4.98 Å². The summed E-state index contributed by atoms with van der Waals surface area (Å²) in [5.74, 6) is 1.40. The Morgan fingerprint density at radius 1 is 1.44 bits per heavy atom. The molecular weight excluding hydrogens is 204 g/mol. The summed E-state index contributed by atoms with van der Waals surface area (Å²) < 4.78 is 11.2. The van der Waals surface area contributed by atoms with Crippen molar-refractivity contribution < 1.29 is 9.47 Å². The van der Waals surface area contributed by atoms with E-state index in [9.17, 15) is 0 Å². The molecule has 1 aliphatic rings. The van der Waals surface area contributed by atoms with Crippen LogP contribution in [0.3, 0.4) is 0 Å². The van der Waals surface area contributed by atoms with Crippen molar-refractivity contribution in [1.29, 1.82) is 0 Å². The van der Waals surface area contributed by atoms with E-state index >= 15 is 0 Å². The van der Waals surface area contributed by atoms with Crippen molar-refractivity contribution in [3.05, 3.63) is 17.8 Å². The van der Waals surface area contributed by atoms with Gasteiger partial charge in [-0.1, -0.05) is 0 Å². The summed E-state index contributed by atoms with van der Waals surface area (Å²) in [6, 6.07) is 3.72. The first-order valence-electron chi connectivity index (χ1n) is 5.72. The molecule has 88 valence electrons. The second kappa shape index (κ2) is 4.70. The van der Waals surface area contributed by atoms with E-state index in [-0.39, 0.29) is 6.10 Å². The molecule has 0 unspecified atom stereocenters. The molecule has 0 spiro atoms. The van der Waals surface area contributed by atoms with Crippen molar-refractivity contribution in [2.45, 2.75) is 45.4 Å². The van der Waals surface area contributed by atoms with Gasteiger partial charge in [0.1, 0.15) is 5.75 Å². The normalized spacial score (nSPS) is 15.2. The average Bonchev–Trinajstić information content (AvgIpc) is 3.03. The van der Waals surface area contributed by atoms with Gasteiger partial charge in [-0.05, 0) is 32.8 Å². The Labute approximate surface area is 95.8 Å². The Bertz CT molecular complexity index is 362. The number of hydrogen-bond acceptors (Lipinski definition) is 4. The standard InChI is InChI=1S/C12H18N2O2/c1-8(2)15-12-6-5-11(10(7-13)14-12)16-9-3-4-9/h5-6,8-9H,3-4,7,13H2,1-2H3. The summed E-state index contributed by atoms with van der Waals surface area (Å²) in [6.07, 6.45) is 2.75. The highest BCUT2D eigenvalue weighted by molar-refractivity contribution is 5.32. The van der Waals surface area contributed by atoms with E-state index in [1.165, 1.54) is 0 Å². The molecule has 2 rings (SSSR count). The molecule has 0 aromatic carbocycles. The first-order chi connectivity index (χ1) is 7.69. The second-order valence-electron chi connectivity index (χ2n) is 4.28. The zero-order valence-electron chi connectivity index (χ0n) is 9.77. The lowest BCUT2D eigenvalue weighted by atomic mass is 10.3. The fraction of sp³-hybridized carbons (Fsp3) is 0.583. The first kappa shape index (κ1) is 11.2. The SMILES string of the molecule is CC(C)Oc1ccc(OC2CC2)c(CN)n1. The summed E-state index contributed by atoms with van der Waals surface area (Å²) in [6.45, 7) is 4.31. The van der Waals surface area contributed by atoms with Crippen molar-refractivity contribution in [1.82, 2.24) is 4.98 Å². The third-order valence-electron chi connectivity index (χ3n) is 2.27. The molecule has 1 aromatic heterocycles. The van der Waals surface area contributed by atoms with Crippen LogP contribution in [0.5, 0.6) is 11.6 Å². The number of nitrogens with two attached hydrogens (primary N) is 1. The lowest BCUT2D eigenvalue weighted by molar-refractivity contribution is 0.230. The van der Waals surface area contributed by atoms with Crippen LogP contribution in [-0.4, -0.2) is 17.2 Å². The Morgan fingerprint density at radius 2 is 2.19 bits per heavy atom. The van der Waals surface area contributed by atoms with Gasteiger partial charge in [-0.3, -0.25) is 0 Å². The minimum Gasteiger partial charge on any atom is -0.488 e. The Morgan fingerprint density at radius 3 is 2.75 bits per heavy atom. The number of rotatable bonds is 5. The minimum absolute atomic E-state index is 0.119. The quantitative estimate of drug-likeness (QED) is 0.826. The molecule has 4 nitrogen and oxygen atoms in total. The third kappa shape index (κ3) is 2.85. The number of hydrogen-bond donors (Lipinski definition) is 1. The van der Waals surface area contributed by atoms with E-state index in [0.29, 0.717) is 18.5 Å². The lowest BCUT2D eigenvalue weighted by Gasteiger charge is -2.12. The van der Waals surface area contributed by atoms with Gasteiger partial charge in [-0.15, -0.1) is 0 Å². The van der Waals surface area contributed by atoms with Gasteiger partial charge >= 0.3 is 0 Å². The molecule has 1 fully saturated rings. The molecule has 0 amide bonds. The van der Waals surface area contributed by atoms with Crippen LogP contribution in [0.2, 0.25) is 0 Å². The van der Waals surface area contributed by atoms with Crippen molar-refractivity contribution in [3.63, 3.8) is 0 Å². The first-order valence-corrected chi connectivity index (χ1v) is 5.72.